The van der Waals surface area contributed by atoms with Crippen LogP contribution in [0.5, 0.6) is 0 Å². The highest BCUT2D eigenvalue weighted by Crippen LogP contribution is 2.31. The number of anilines is 2. The van der Waals surface area contributed by atoms with Crippen molar-refractivity contribution in [2.75, 3.05) is 18.2 Å². The van der Waals surface area contributed by atoms with Gasteiger partial charge in [-0.15, -0.1) is 0 Å². The van der Waals surface area contributed by atoms with Gasteiger partial charge in [-0.2, -0.15) is 0 Å². The van der Waals surface area contributed by atoms with Crippen LogP contribution in [0.2, 0.25) is 0 Å². The van der Waals surface area contributed by atoms with Crippen molar-refractivity contribution in [2.45, 2.75) is 12.1 Å². The molecule has 1 N–H and O–H groups in total. The predicted octanol–water partition coefficient (Wildman–Crippen LogP) is 3.79. The lowest BCUT2D eigenvalue weighted by Crippen LogP contribution is -2.11. The molecule has 1 heterocycles. The number of rotatable bonds is 6. The third kappa shape index (κ3) is 4.20. The van der Waals surface area contributed by atoms with E-state index in [0.717, 1.165) is 0 Å². The molecule has 0 atom stereocenters. The molecule has 0 fully saturated rings. The second-order valence-corrected chi connectivity index (χ2v) is 6.07. The van der Waals surface area contributed by atoms with Crippen molar-refractivity contribution < 1.29 is 14.5 Å². The fourth-order valence-electron chi connectivity index (χ4n) is 1.81. The lowest BCUT2D eigenvalue weighted by Gasteiger charge is -2.11. The van der Waals surface area contributed by atoms with E-state index in [1.54, 1.807) is 19.2 Å². The molecule has 0 spiro atoms. The molecule has 24 heavy (non-hydrogen) atoms. The Morgan fingerprint density at radius 1 is 1.50 bits per heavy atom. The normalized spacial score (nSPS) is 10.3. The Kier molecular flexibility index (Phi) is 6.10. The number of esters is 1. The zero-order chi connectivity index (χ0) is 17.7. The molecular formula is C14H13BrN4O4S. The van der Waals surface area contributed by atoms with Gasteiger partial charge in [-0.05, 0) is 25.3 Å². The molecule has 2 aromatic rings. The molecule has 0 amide bonds. The third-order valence-corrected chi connectivity index (χ3v) is 3.91. The van der Waals surface area contributed by atoms with Crippen LogP contribution < -0.4 is 5.32 Å². The van der Waals surface area contributed by atoms with Gasteiger partial charge < -0.3 is 10.1 Å². The van der Waals surface area contributed by atoms with Crippen molar-refractivity contribution in [3.63, 3.8) is 0 Å². The van der Waals surface area contributed by atoms with E-state index in [4.69, 9.17) is 4.74 Å². The molecule has 2 rings (SSSR count). The quantitative estimate of drug-likeness (QED) is 0.251. The number of hydrogen-bond acceptors (Lipinski definition) is 8. The molecule has 0 radical (unpaired) electrons. The number of aromatic nitrogens is 2. The topological polar surface area (TPSA) is 107 Å². The average molecular weight is 413 g/mol. The molecule has 0 saturated heterocycles. The van der Waals surface area contributed by atoms with Gasteiger partial charge in [0.1, 0.15) is 17.1 Å². The number of nitro groups is 1. The highest BCUT2D eigenvalue weighted by molar-refractivity contribution is 9.10. The number of carbonyl (C=O) groups is 1. The average Bonchev–Trinajstić information content (AvgIpc) is 2.56. The number of thioether (sulfide) groups is 1. The van der Waals surface area contributed by atoms with Crippen LogP contribution in [0.3, 0.4) is 0 Å². The largest absolute Gasteiger partial charge is 0.462 e. The van der Waals surface area contributed by atoms with E-state index in [1.165, 1.54) is 30.1 Å². The molecule has 1 aromatic heterocycles. The van der Waals surface area contributed by atoms with Gasteiger partial charge in [-0.3, -0.25) is 10.1 Å². The molecule has 0 bridgehead atoms. The molecule has 0 aliphatic heterocycles. The number of hydrogen-bond donors (Lipinski definition) is 1. The fraction of sp³-hybridized carbons (Fsp3) is 0.214. The van der Waals surface area contributed by atoms with E-state index in [2.05, 4.69) is 31.2 Å². The Bertz CT molecular complexity index is 787. The first-order valence-corrected chi connectivity index (χ1v) is 8.77. The van der Waals surface area contributed by atoms with E-state index in [-0.39, 0.29) is 29.4 Å². The highest BCUT2D eigenvalue weighted by atomic mass is 79.9. The van der Waals surface area contributed by atoms with Crippen LogP contribution in [0.4, 0.5) is 17.2 Å². The van der Waals surface area contributed by atoms with Crippen LogP contribution >= 0.6 is 27.7 Å². The smallest absolute Gasteiger partial charge is 0.343 e. The van der Waals surface area contributed by atoms with Crippen LogP contribution in [0.25, 0.3) is 0 Å². The number of ether oxygens (including phenoxy) is 1. The summed E-state index contributed by atoms with van der Waals surface area (Å²) in [6, 6.07) is 4.54. The van der Waals surface area contributed by atoms with E-state index in [0.29, 0.717) is 9.63 Å². The Labute approximate surface area is 150 Å². The molecular weight excluding hydrogens is 400 g/mol. The van der Waals surface area contributed by atoms with Gasteiger partial charge in [0.25, 0.3) is 5.69 Å². The lowest BCUT2D eigenvalue weighted by molar-refractivity contribution is -0.384. The van der Waals surface area contributed by atoms with Crippen LogP contribution in [-0.4, -0.2) is 33.7 Å². The molecule has 0 unspecified atom stereocenters. The summed E-state index contributed by atoms with van der Waals surface area (Å²) in [6.45, 7) is 1.88. The van der Waals surface area contributed by atoms with Crippen molar-refractivity contribution in [3.05, 3.63) is 44.5 Å². The van der Waals surface area contributed by atoms with E-state index in [1.807, 2.05) is 0 Å². The highest BCUT2D eigenvalue weighted by Gasteiger charge is 2.20. The summed E-state index contributed by atoms with van der Waals surface area (Å²) in [5, 5.41) is 14.5. The van der Waals surface area contributed by atoms with Gasteiger partial charge in [0, 0.05) is 16.7 Å². The maximum Gasteiger partial charge on any atom is 0.343 e. The van der Waals surface area contributed by atoms with Crippen LogP contribution in [0.1, 0.15) is 17.3 Å². The number of nitro benzene ring substituents is 1. The molecule has 1 aromatic carbocycles. The summed E-state index contributed by atoms with van der Waals surface area (Å²) in [7, 11) is 0. The summed E-state index contributed by atoms with van der Waals surface area (Å²) >= 11 is 4.48. The minimum absolute atomic E-state index is 0.104. The van der Waals surface area contributed by atoms with Gasteiger partial charge in [0.15, 0.2) is 5.16 Å². The number of halogens is 1. The van der Waals surface area contributed by atoms with Crippen molar-refractivity contribution in [2.24, 2.45) is 0 Å². The second-order valence-electron chi connectivity index (χ2n) is 4.38. The van der Waals surface area contributed by atoms with E-state index < -0.39 is 10.9 Å². The first-order chi connectivity index (χ1) is 11.5. The summed E-state index contributed by atoms with van der Waals surface area (Å²) < 4.78 is 5.54. The van der Waals surface area contributed by atoms with Crippen molar-refractivity contribution >= 4 is 50.9 Å². The van der Waals surface area contributed by atoms with Crippen molar-refractivity contribution in [1.29, 1.82) is 0 Å². The SMILES string of the molecule is CCOC(=O)c1cnc(SC)nc1Nc1ccc(Br)cc1[N+](=O)[O-]. The van der Waals surface area contributed by atoms with Crippen LogP contribution in [0, 0.1) is 10.1 Å². The van der Waals surface area contributed by atoms with E-state index in [9.17, 15) is 14.9 Å². The maximum absolute atomic E-state index is 12.0. The Morgan fingerprint density at radius 3 is 2.88 bits per heavy atom. The monoisotopic (exact) mass is 412 g/mol. The maximum atomic E-state index is 12.0. The first-order valence-electron chi connectivity index (χ1n) is 6.75. The summed E-state index contributed by atoms with van der Waals surface area (Å²) in [4.78, 5) is 31.0. The summed E-state index contributed by atoms with van der Waals surface area (Å²) in [5.74, 6) is -0.453. The zero-order valence-electron chi connectivity index (χ0n) is 12.8. The Hall–Kier alpha value is -2.20. The van der Waals surface area contributed by atoms with Gasteiger partial charge in [0.2, 0.25) is 0 Å². The molecule has 0 aliphatic rings. The fourth-order valence-corrected chi connectivity index (χ4v) is 2.50. The molecule has 0 saturated carbocycles. The molecule has 126 valence electrons. The van der Waals surface area contributed by atoms with Gasteiger partial charge in [-0.1, -0.05) is 27.7 Å². The van der Waals surface area contributed by atoms with E-state index >= 15 is 0 Å². The molecule has 0 aliphatic carbocycles. The number of nitrogens with zero attached hydrogens (tertiary/aromatic N) is 3. The molecule has 8 nitrogen and oxygen atoms in total. The third-order valence-electron chi connectivity index (χ3n) is 2.85. The second kappa shape index (κ2) is 8.06. The van der Waals surface area contributed by atoms with Crippen molar-refractivity contribution in [1.82, 2.24) is 9.97 Å². The number of nitrogens with one attached hydrogen (secondary N) is 1. The van der Waals surface area contributed by atoms with Gasteiger partial charge in [-0.25, -0.2) is 14.8 Å². The summed E-state index contributed by atoms with van der Waals surface area (Å²) in [6.07, 6.45) is 3.12. The number of benzene rings is 1. The predicted molar refractivity (Wildman–Crippen MR) is 93.8 cm³/mol. The van der Waals surface area contributed by atoms with Crippen LogP contribution in [-0.2, 0) is 4.74 Å². The zero-order valence-corrected chi connectivity index (χ0v) is 15.2. The minimum atomic E-state index is -0.604. The lowest BCUT2D eigenvalue weighted by atomic mass is 10.2. The molecule has 10 heteroatoms. The minimum Gasteiger partial charge on any atom is -0.462 e. The van der Waals surface area contributed by atoms with Crippen LogP contribution in [0.15, 0.2) is 34.0 Å². The van der Waals surface area contributed by atoms with Gasteiger partial charge in [0.05, 0.1) is 11.5 Å². The van der Waals surface area contributed by atoms with Gasteiger partial charge >= 0.3 is 5.97 Å². The first kappa shape index (κ1) is 18.1. The summed E-state index contributed by atoms with van der Waals surface area (Å²) in [5.41, 5.74) is 0.162. The Balaban J connectivity index is 2.48. The number of carbonyl (C=O) groups excluding carboxylic acids is 1. The Morgan fingerprint density at radius 2 is 2.25 bits per heavy atom. The van der Waals surface area contributed by atoms with Crippen molar-refractivity contribution in [3.8, 4) is 0 Å². The standard InChI is InChI=1S/C14H13BrN4O4S/c1-3-23-13(20)9-7-16-14(24-2)18-12(9)17-10-5-4-8(15)6-11(10)19(21)22/h4-7H,3H2,1-2H3,(H,16,17,18).